The fourth-order valence-electron chi connectivity index (χ4n) is 3.87. The summed E-state index contributed by atoms with van der Waals surface area (Å²) in [6.45, 7) is 1.96. The fraction of sp³-hybridized carbons (Fsp3) is 0.476. The van der Waals surface area contributed by atoms with E-state index in [0.717, 1.165) is 5.56 Å². The molecular formula is C21H26N2O5. The Hall–Kier alpha value is -2.83. The first-order valence-electron chi connectivity index (χ1n) is 9.47. The quantitative estimate of drug-likeness (QED) is 0.574. The summed E-state index contributed by atoms with van der Waals surface area (Å²) in [6.07, 6.45) is 5.17. The Morgan fingerprint density at radius 2 is 1.79 bits per heavy atom. The highest BCUT2D eigenvalue weighted by atomic mass is 16.5. The van der Waals surface area contributed by atoms with Crippen LogP contribution in [0.2, 0.25) is 0 Å². The van der Waals surface area contributed by atoms with Crippen LogP contribution in [0, 0.1) is 11.8 Å². The van der Waals surface area contributed by atoms with Crippen molar-refractivity contribution in [1.29, 1.82) is 0 Å². The number of benzene rings is 1. The minimum atomic E-state index is -0.311. The number of carbonyl (C=O) groups excluding carboxylic acids is 3. The number of hydrogen-bond donors (Lipinski definition) is 1. The summed E-state index contributed by atoms with van der Waals surface area (Å²) in [6, 6.07) is 5.08. The first-order chi connectivity index (χ1) is 13.5. The third-order valence-electron chi connectivity index (χ3n) is 5.44. The van der Waals surface area contributed by atoms with Crippen LogP contribution >= 0.6 is 0 Å². The van der Waals surface area contributed by atoms with Gasteiger partial charge in [0.1, 0.15) is 11.5 Å². The number of rotatable bonds is 7. The van der Waals surface area contributed by atoms with Gasteiger partial charge in [0, 0.05) is 18.5 Å². The molecule has 7 nitrogen and oxygen atoms in total. The van der Waals surface area contributed by atoms with Crippen LogP contribution in [0.15, 0.2) is 30.4 Å². The predicted octanol–water partition coefficient (Wildman–Crippen LogP) is 2.22. The summed E-state index contributed by atoms with van der Waals surface area (Å²) in [5.74, 6) is 0.243. The third-order valence-corrected chi connectivity index (χ3v) is 5.44. The van der Waals surface area contributed by atoms with E-state index in [0.29, 0.717) is 24.3 Å². The van der Waals surface area contributed by atoms with Gasteiger partial charge in [-0.15, -0.1) is 0 Å². The van der Waals surface area contributed by atoms with Gasteiger partial charge in [0.2, 0.25) is 17.7 Å². The van der Waals surface area contributed by atoms with E-state index in [1.807, 2.05) is 25.1 Å². The van der Waals surface area contributed by atoms with Crippen LogP contribution in [0.4, 0.5) is 0 Å². The topological polar surface area (TPSA) is 84.9 Å². The first-order valence-corrected chi connectivity index (χ1v) is 9.47. The number of amides is 3. The van der Waals surface area contributed by atoms with Crippen molar-refractivity contribution >= 4 is 17.7 Å². The van der Waals surface area contributed by atoms with Crippen molar-refractivity contribution in [3.05, 3.63) is 35.9 Å². The number of allylic oxidation sites excluding steroid dienone is 2. The van der Waals surface area contributed by atoms with E-state index in [-0.39, 0.29) is 48.6 Å². The highest BCUT2D eigenvalue weighted by molar-refractivity contribution is 6.05. The summed E-state index contributed by atoms with van der Waals surface area (Å²) >= 11 is 0. The maximum atomic E-state index is 12.5. The maximum Gasteiger partial charge on any atom is 0.233 e. The first kappa shape index (κ1) is 19.9. The molecule has 0 radical (unpaired) electrons. The Balaban J connectivity index is 1.59. The molecule has 0 saturated carbocycles. The van der Waals surface area contributed by atoms with Crippen molar-refractivity contribution in [2.45, 2.75) is 32.2 Å². The zero-order chi connectivity index (χ0) is 20.3. The molecule has 28 heavy (non-hydrogen) atoms. The van der Waals surface area contributed by atoms with E-state index < -0.39 is 0 Å². The molecule has 2 aliphatic rings. The second-order valence-corrected chi connectivity index (χ2v) is 7.13. The molecule has 3 atom stereocenters. The van der Waals surface area contributed by atoms with E-state index in [1.165, 1.54) is 4.90 Å². The van der Waals surface area contributed by atoms with Crippen LogP contribution in [0.25, 0.3) is 0 Å². The van der Waals surface area contributed by atoms with Gasteiger partial charge >= 0.3 is 0 Å². The van der Waals surface area contributed by atoms with Crippen LogP contribution in [0.3, 0.4) is 0 Å². The number of methoxy groups -OCH3 is 2. The normalized spacial score (nSPS) is 22.0. The van der Waals surface area contributed by atoms with Crippen molar-refractivity contribution in [2.75, 3.05) is 20.8 Å². The smallest absolute Gasteiger partial charge is 0.233 e. The molecule has 1 aromatic rings. The van der Waals surface area contributed by atoms with Gasteiger partial charge in [-0.2, -0.15) is 0 Å². The summed E-state index contributed by atoms with van der Waals surface area (Å²) < 4.78 is 10.6. The van der Waals surface area contributed by atoms with Crippen molar-refractivity contribution in [3.8, 4) is 11.5 Å². The molecule has 150 valence electrons. The number of nitrogens with zero attached hydrogens (tertiary/aromatic N) is 1. The van der Waals surface area contributed by atoms with Crippen LogP contribution in [-0.4, -0.2) is 43.4 Å². The average molecular weight is 386 g/mol. The molecule has 0 bridgehead atoms. The van der Waals surface area contributed by atoms with Gasteiger partial charge < -0.3 is 14.8 Å². The van der Waals surface area contributed by atoms with Crippen molar-refractivity contribution in [2.24, 2.45) is 11.8 Å². The minimum absolute atomic E-state index is 0.0704. The summed E-state index contributed by atoms with van der Waals surface area (Å²) in [7, 11) is 3.14. The minimum Gasteiger partial charge on any atom is -0.497 e. The molecule has 7 heteroatoms. The Morgan fingerprint density at radius 1 is 1.14 bits per heavy atom. The zero-order valence-electron chi connectivity index (χ0n) is 16.4. The third kappa shape index (κ3) is 3.88. The van der Waals surface area contributed by atoms with Crippen molar-refractivity contribution in [1.82, 2.24) is 10.2 Å². The van der Waals surface area contributed by atoms with Crippen molar-refractivity contribution < 1.29 is 23.9 Å². The summed E-state index contributed by atoms with van der Waals surface area (Å²) in [5, 5.41) is 2.90. The highest BCUT2D eigenvalue weighted by Crippen LogP contribution is 2.35. The number of nitrogens with one attached hydrogen (secondary N) is 1. The maximum absolute atomic E-state index is 12.5. The largest absolute Gasteiger partial charge is 0.497 e. The summed E-state index contributed by atoms with van der Waals surface area (Å²) in [5.41, 5.74) is 0.792. The van der Waals surface area contributed by atoms with Gasteiger partial charge in [-0.1, -0.05) is 12.2 Å². The Morgan fingerprint density at radius 3 is 2.36 bits per heavy atom. The monoisotopic (exact) mass is 386 g/mol. The van der Waals surface area contributed by atoms with E-state index in [9.17, 15) is 14.4 Å². The lowest BCUT2D eigenvalue weighted by molar-refractivity contribution is -0.140. The molecule has 1 fully saturated rings. The van der Waals surface area contributed by atoms with Crippen LogP contribution in [0.1, 0.15) is 37.8 Å². The number of ether oxygens (including phenoxy) is 2. The van der Waals surface area contributed by atoms with Crippen LogP contribution < -0.4 is 14.8 Å². The fourth-order valence-corrected chi connectivity index (χ4v) is 3.87. The second kappa shape index (κ2) is 8.46. The lowest BCUT2D eigenvalue weighted by Gasteiger charge is -2.19. The number of imide groups is 1. The number of carbonyl (C=O) groups is 3. The second-order valence-electron chi connectivity index (χ2n) is 7.13. The van der Waals surface area contributed by atoms with E-state index in [4.69, 9.17) is 9.47 Å². The molecule has 1 saturated heterocycles. The molecule has 3 rings (SSSR count). The zero-order valence-corrected chi connectivity index (χ0v) is 16.4. The van der Waals surface area contributed by atoms with Crippen LogP contribution in [-0.2, 0) is 14.4 Å². The van der Waals surface area contributed by atoms with Gasteiger partial charge in [-0.05, 0) is 38.0 Å². The van der Waals surface area contributed by atoms with Crippen molar-refractivity contribution in [3.63, 3.8) is 0 Å². The molecule has 1 aromatic carbocycles. The average Bonchev–Trinajstić information content (AvgIpc) is 2.96. The lowest BCUT2D eigenvalue weighted by Crippen LogP contribution is -2.36. The molecule has 1 heterocycles. The van der Waals surface area contributed by atoms with Crippen LogP contribution in [0.5, 0.6) is 11.5 Å². The number of hydrogen-bond acceptors (Lipinski definition) is 5. The highest BCUT2D eigenvalue weighted by Gasteiger charge is 2.46. The molecule has 0 spiro atoms. The molecule has 1 aliphatic heterocycles. The van der Waals surface area contributed by atoms with E-state index >= 15 is 0 Å². The lowest BCUT2D eigenvalue weighted by atomic mass is 9.85. The molecule has 1 aliphatic carbocycles. The van der Waals surface area contributed by atoms with Gasteiger partial charge in [0.25, 0.3) is 0 Å². The van der Waals surface area contributed by atoms with Gasteiger partial charge in [-0.3, -0.25) is 19.3 Å². The van der Waals surface area contributed by atoms with Gasteiger partial charge in [0.15, 0.2) is 0 Å². The predicted molar refractivity (Wildman–Crippen MR) is 103 cm³/mol. The molecule has 1 N–H and O–H groups in total. The number of fused-ring (bicyclic) bond motifs is 1. The molecular weight excluding hydrogens is 360 g/mol. The van der Waals surface area contributed by atoms with E-state index in [2.05, 4.69) is 5.32 Å². The Bertz CT molecular complexity index is 778. The SMILES string of the molecule is COc1ccc(OC)c(C(C)NC(=O)CCN2C(=O)[C@H]3CC=CC[C@H]3C2=O)c1. The molecule has 0 aromatic heterocycles. The standard InChI is InChI=1S/C21H26N2O5/c1-13(17-12-14(27-2)8-9-18(17)28-3)22-19(24)10-11-23-20(25)15-6-4-5-7-16(15)21(23)26/h4-5,8-9,12-13,15-16H,6-7,10-11H2,1-3H3,(H,22,24)/t13?,15-,16+. The Kier molecular flexibility index (Phi) is 6.02. The van der Waals surface area contributed by atoms with Gasteiger partial charge in [0.05, 0.1) is 32.1 Å². The van der Waals surface area contributed by atoms with E-state index in [1.54, 1.807) is 26.4 Å². The Labute approximate surface area is 164 Å². The molecule has 3 amide bonds. The number of likely N-dealkylation sites (tertiary alicyclic amines) is 1. The van der Waals surface area contributed by atoms with Gasteiger partial charge in [-0.25, -0.2) is 0 Å². The molecule has 1 unspecified atom stereocenters. The summed E-state index contributed by atoms with van der Waals surface area (Å²) in [4.78, 5) is 38.6.